The van der Waals surface area contributed by atoms with Crippen LogP contribution in [0.2, 0.25) is 0 Å². The van der Waals surface area contributed by atoms with Crippen LogP contribution in [0, 0.1) is 12.8 Å². The quantitative estimate of drug-likeness (QED) is 0.575. The van der Waals surface area contributed by atoms with Gasteiger partial charge in [-0.15, -0.1) is 0 Å². The van der Waals surface area contributed by atoms with Crippen molar-refractivity contribution in [3.05, 3.63) is 63.3 Å². The Morgan fingerprint density at radius 3 is 2.55 bits per heavy atom. The number of fused-ring (bicyclic) bond motifs is 1. The fourth-order valence-electron chi connectivity index (χ4n) is 4.33. The van der Waals surface area contributed by atoms with Crippen LogP contribution in [-0.4, -0.2) is 36.3 Å². The molecule has 1 amide bonds. The maximum atomic E-state index is 13.2. The van der Waals surface area contributed by atoms with Crippen molar-refractivity contribution < 1.29 is 13.2 Å². The summed E-state index contributed by atoms with van der Waals surface area (Å²) in [7, 11) is -3.69. The minimum atomic E-state index is -3.69. The minimum Gasteiger partial charge on any atom is -0.352 e. The van der Waals surface area contributed by atoms with Gasteiger partial charge in [-0.2, -0.15) is 4.31 Å². The van der Waals surface area contributed by atoms with Crippen molar-refractivity contribution in [2.75, 3.05) is 13.1 Å². The van der Waals surface area contributed by atoms with Crippen LogP contribution in [0.3, 0.4) is 0 Å². The van der Waals surface area contributed by atoms with E-state index < -0.39 is 10.0 Å². The maximum absolute atomic E-state index is 13.2. The highest BCUT2D eigenvalue weighted by Crippen LogP contribution is 2.28. The first kappa shape index (κ1) is 23.7. The molecule has 1 saturated heterocycles. The van der Waals surface area contributed by atoms with Crippen molar-refractivity contribution in [3.63, 3.8) is 0 Å². The van der Waals surface area contributed by atoms with E-state index in [4.69, 9.17) is 0 Å². The molecule has 0 spiro atoms. The van der Waals surface area contributed by atoms with Crippen LogP contribution in [0.5, 0.6) is 0 Å². The second kappa shape index (κ2) is 9.40. The second-order valence-corrected chi connectivity index (χ2v) is 11.8. The summed E-state index contributed by atoms with van der Waals surface area (Å²) in [4.78, 5) is 25.0. The lowest BCUT2D eigenvalue weighted by atomic mass is 9.97. The number of benzene rings is 2. The molecule has 1 N–H and O–H groups in total. The molecule has 0 saturated carbocycles. The normalized spacial score (nSPS) is 15.9. The molecule has 0 unspecified atom stereocenters. The van der Waals surface area contributed by atoms with E-state index in [2.05, 4.69) is 5.32 Å². The molecule has 0 bridgehead atoms. The average molecular weight is 488 g/mol. The fraction of sp³-hybridized carbons (Fsp3) is 0.417. The number of rotatable bonds is 6. The number of aryl methyl sites for hydroxylation is 1. The molecule has 1 aliphatic rings. The zero-order valence-corrected chi connectivity index (χ0v) is 20.7. The molecule has 0 radical (unpaired) electrons. The van der Waals surface area contributed by atoms with Crippen molar-refractivity contribution in [2.45, 2.75) is 51.1 Å². The van der Waals surface area contributed by atoms with Gasteiger partial charge in [-0.1, -0.05) is 41.2 Å². The van der Waals surface area contributed by atoms with E-state index in [-0.39, 0.29) is 27.6 Å². The van der Waals surface area contributed by atoms with Crippen LogP contribution in [0.25, 0.3) is 10.2 Å². The number of amides is 1. The topological polar surface area (TPSA) is 88.5 Å². The number of hydrogen-bond donors (Lipinski definition) is 1. The Hall–Kier alpha value is -2.49. The van der Waals surface area contributed by atoms with Crippen molar-refractivity contribution in [3.8, 4) is 0 Å². The third-order valence-electron chi connectivity index (χ3n) is 6.11. The summed E-state index contributed by atoms with van der Waals surface area (Å²) in [5.74, 6) is -0.233. The second-order valence-electron chi connectivity index (χ2n) is 8.85. The minimum absolute atomic E-state index is 0.00444. The Balaban J connectivity index is 1.41. The number of hydrogen-bond acceptors (Lipinski definition) is 5. The van der Waals surface area contributed by atoms with Gasteiger partial charge in [-0.3, -0.25) is 14.2 Å². The van der Waals surface area contributed by atoms with Gasteiger partial charge in [0.2, 0.25) is 15.9 Å². The van der Waals surface area contributed by atoms with Gasteiger partial charge in [-0.05, 0) is 57.4 Å². The van der Waals surface area contributed by atoms with Crippen molar-refractivity contribution >= 4 is 37.5 Å². The SMILES string of the molecule is Cc1cccc(CNC(=O)C2CCN(S(=O)(=O)c3ccc4c(c3)sc(=O)n4C(C)C)CC2)c1. The van der Waals surface area contributed by atoms with Crippen molar-refractivity contribution in [2.24, 2.45) is 5.92 Å². The van der Waals surface area contributed by atoms with E-state index in [0.29, 0.717) is 37.2 Å². The third kappa shape index (κ3) is 4.90. The van der Waals surface area contributed by atoms with Gasteiger partial charge in [-0.25, -0.2) is 8.42 Å². The van der Waals surface area contributed by atoms with Crippen LogP contribution in [-0.2, 0) is 21.4 Å². The smallest absolute Gasteiger partial charge is 0.308 e. The van der Waals surface area contributed by atoms with Crippen LogP contribution in [0.1, 0.15) is 43.9 Å². The maximum Gasteiger partial charge on any atom is 0.308 e. The summed E-state index contributed by atoms with van der Waals surface area (Å²) in [5, 5.41) is 2.98. The fourth-order valence-corrected chi connectivity index (χ4v) is 6.95. The number of thiazole rings is 1. The lowest BCUT2D eigenvalue weighted by Gasteiger charge is -2.30. The van der Waals surface area contributed by atoms with Gasteiger partial charge in [0.05, 0.1) is 15.1 Å². The van der Waals surface area contributed by atoms with Gasteiger partial charge < -0.3 is 5.32 Å². The summed E-state index contributed by atoms with van der Waals surface area (Å²) in [6.45, 7) is 6.94. The first-order chi connectivity index (χ1) is 15.7. The Morgan fingerprint density at radius 1 is 1.15 bits per heavy atom. The first-order valence-corrected chi connectivity index (χ1v) is 13.4. The summed E-state index contributed by atoms with van der Waals surface area (Å²) < 4.78 is 30.2. The molecule has 2 aromatic carbocycles. The van der Waals surface area contributed by atoms with E-state index in [1.165, 1.54) is 4.31 Å². The highest BCUT2D eigenvalue weighted by atomic mass is 32.2. The molecule has 1 aromatic heterocycles. The first-order valence-electron chi connectivity index (χ1n) is 11.2. The van der Waals surface area contributed by atoms with Gasteiger partial charge >= 0.3 is 4.87 Å². The number of carbonyl (C=O) groups excluding carboxylic acids is 1. The van der Waals surface area contributed by atoms with Gasteiger partial charge in [0, 0.05) is 31.6 Å². The zero-order valence-electron chi connectivity index (χ0n) is 19.1. The number of nitrogens with zero attached hydrogens (tertiary/aromatic N) is 2. The van der Waals surface area contributed by atoms with Gasteiger partial charge in [0.25, 0.3) is 0 Å². The summed E-state index contributed by atoms with van der Waals surface area (Å²) in [6, 6.07) is 12.9. The number of carbonyl (C=O) groups is 1. The Kier molecular flexibility index (Phi) is 6.74. The van der Waals surface area contributed by atoms with Crippen LogP contribution >= 0.6 is 11.3 Å². The highest BCUT2D eigenvalue weighted by Gasteiger charge is 2.32. The zero-order chi connectivity index (χ0) is 23.8. The summed E-state index contributed by atoms with van der Waals surface area (Å²) in [5.41, 5.74) is 2.95. The molecule has 3 aromatic rings. The lowest BCUT2D eigenvalue weighted by Crippen LogP contribution is -2.42. The molecule has 9 heteroatoms. The monoisotopic (exact) mass is 487 g/mol. The molecule has 2 heterocycles. The average Bonchev–Trinajstić information content (AvgIpc) is 3.12. The Morgan fingerprint density at radius 2 is 1.88 bits per heavy atom. The summed E-state index contributed by atoms with van der Waals surface area (Å²) in [6.07, 6.45) is 0.969. The van der Waals surface area contributed by atoms with E-state index in [9.17, 15) is 18.0 Å². The van der Waals surface area contributed by atoms with E-state index in [0.717, 1.165) is 28.0 Å². The Bertz CT molecular complexity index is 1330. The highest BCUT2D eigenvalue weighted by molar-refractivity contribution is 7.89. The number of sulfonamides is 1. The van der Waals surface area contributed by atoms with Gasteiger partial charge in [0.15, 0.2) is 0 Å². The molecule has 0 aliphatic carbocycles. The van der Waals surface area contributed by atoms with E-state index in [1.807, 2.05) is 45.0 Å². The predicted octanol–water partition coefficient (Wildman–Crippen LogP) is 3.67. The Labute approximate surface area is 198 Å². The molecular formula is C24H29N3O4S2. The third-order valence-corrected chi connectivity index (χ3v) is 8.93. The van der Waals surface area contributed by atoms with E-state index >= 15 is 0 Å². The molecular weight excluding hydrogens is 458 g/mol. The molecule has 7 nitrogen and oxygen atoms in total. The van der Waals surface area contributed by atoms with Crippen LogP contribution in [0.15, 0.2) is 52.2 Å². The molecule has 4 rings (SSSR count). The molecule has 1 aliphatic heterocycles. The molecule has 0 atom stereocenters. The number of aromatic nitrogens is 1. The van der Waals surface area contributed by atoms with Crippen LogP contribution in [0.4, 0.5) is 0 Å². The van der Waals surface area contributed by atoms with Gasteiger partial charge in [0.1, 0.15) is 0 Å². The molecule has 33 heavy (non-hydrogen) atoms. The molecule has 176 valence electrons. The summed E-state index contributed by atoms with van der Waals surface area (Å²) >= 11 is 1.06. The number of nitrogens with one attached hydrogen (secondary N) is 1. The number of piperidine rings is 1. The lowest BCUT2D eigenvalue weighted by molar-refractivity contribution is -0.126. The van der Waals surface area contributed by atoms with Crippen LogP contribution < -0.4 is 10.2 Å². The largest absolute Gasteiger partial charge is 0.352 e. The predicted molar refractivity (Wildman–Crippen MR) is 131 cm³/mol. The molecule has 1 fully saturated rings. The van der Waals surface area contributed by atoms with Crippen molar-refractivity contribution in [1.29, 1.82) is 0 Å². The van der Waals surface area contributed by atoms with Crippen molar-refractivity contribution in [1.82, 2.24) is 14.2 Å². The van der Waals surface area contributed by atoms with E-state index in [1.54, 1.807) is 22.8 Å². The standard InChI is InChI=1S/C24H29N3O4S2/c1-16(2)27-21-8-7-20(14-22(21)32-24(27)29)33(30,31)26-11-9-19(10-12-26)23(28)25-15-18-6-4-5-17(3)13-18/h4-8,13-14,16,19H,9-12,15H2,1-3H3,(H,25,28).